The summed E-state index contributed by atoms with van der Waals surface area (Å²) >= 11 is 0. The summed E-state index contributed by atoms with van der Waals surface area (Å²) in [5.74, 6) is 4.79. The molecule has 0 fully saturated rings. The summed E-state index contributed by atoms with van der Waals surface area (Å²) in [5, 5.41) is 25.9. The second-order valence-corrected chi connectivity index (χ2v) is 3.52. The molecule has 5 heteroatoms. The third-order valence-electron chi connectivity index (χ3n) is 2.23. The minimum absolute atomic E-state index is 0.140. The number of aliphatic hydroxyl groups excluding tert-OH is 1. The summed E-state index contributed by atoms with van der Waals surface area (Å²) < 4.78 is 0. The molecule has 0 heterocycles. The number of carbonyl (C=O) groups is 1. The maximum absolute atomic E-state index is 12.1. The van der Waals surface area contributed by atoms with Gasteiger partial charge in [0.1, 0.15) is 19.7 Å². The van der Waals surface area contributed by atoms with Crippen LogP contribution in [0.5, 0.6) is 0 Å². The predicted octanol–water partition coefficient (Wildman–Crippen LogP) is 0.520. The van der Waals surface area contributed by atoms with Crippen LogP contribution in [0.15, 0.2) is 24.3 Å². The van der Waals surface area contributed by atoms with E-state index in [9.17, 15) is 4.79 Å². The molecule has 0 aliphatic carbocycles. The molecule has 0 radical (unpaired) electrons. The van der Waals surface area contributed by atoms with Gasteiger partial charge in [0.25, 0.3) is 5.91 Å². The second kappa shape index (κ2) is 7.50. The number of amides is 1. The first-order valence-corrected chi connectivity index (χ1v) is 5.46. The van der Waals surface area contributed by atoms with Crippen molar-refractivity contribution in [3.63, 3.8) is 0 Å². The van der Waals surface area contributed by atoms with Crippen LogP contribution in [-0.4, -0.2) is 35.6 Å². The van der Waals surface area contributed by atoms with Crippen molar-refractivity contribution in [2.75, 3.05) is 19.7 Å². The highest BCUT2D eigenvalue weighted by atomic mass is 16.2. The molecule has 1 N–H and O–H groups in total. The van der Waals surface area contributed by atoms with Crippen LogP contribution in [0.4, 0.5) is 0 Å². The molecule has 19 heavy (non-hydrogen) atoms. The fraction of sp³-hybridized carbons (Fsp3) is 0.214. The van der Waals surface area contributed by atoms with Gasteiger partial charge in [0, 0.05) is 11.1 Å². The van der Waals surface area contributed by atoms with Crippen molar-refractivity contribution < 1.29 is 9.90 Å². The topological polar surface area (TPSA) is 88.1 Å². The molecule has 5 nitrogen and oxygen atoms in total. The van der Waals surface area contributed by atoms with Crippen molar-refractivity contribution >= 4 is 5.91 Å². The van der Waals surface area contributed by atoms with Crippen LogP contribution in [0.25, 0.3) is 0 Å². The van der Waals surface area contributed by atoms with Crippen molar-refractivity contribution in [3.05, 3.63) is 35.4 Å². The lowest BCUT2D eigenvalue weighted by atomic mass is 10.1. The molecule has 1 aromatic rings. The molecular weight excluding hydrogens is 242 g/mol. The number of carbonyl (C=O) groups excluding carboxylic acids is 1. The van der Waals surface area contributed by atoms with Crippen LogP contribution in [0, 0.1) is 34.5 Å². The molecule has 1 amide bonds. The number of aliphatic hydroxyl groups is 1. The molecule has 0 aliphatic heterocycles. The van der Waals surface area contributed by atoms with Crippen molar-refractivity contribution in [2.24, 2.45) is 0 Å². The average molecular weight is 253 g/mol. The third-order valence-corrected chi connectivity index (χ3v) is 2.23. The van der Waals surface area contributed by atoms with Crippen molar-refractivity contribution in [1.82, 2.24) is 4.90 Å². The highest BCUT2D eigenvalue weighted by molar-refractivity contribution is 5.94. The zero-order valence-corrected chi connectivity index (χ0v) is 10.1. The molecule has 0 saturated heterocycles. The quantitative estimate of drug-likeness (QED) is 0.628. The Hall–Kier alpha value is -2.81. The first-order chi connectivity index (χ1) is 9.22. The summed E-state index contributed by atoms with van der Waals surface area (Å²) in [7, 11) is 0. The fourth-order valence-corrected chi connectivity index (χ4v) is 1.42. The number of rotatable bonds is 3. The van der Waals surface area contributed by atoms with Crippen LogP contribution in [0.2, 0.25) is 0 Å². The molecule has 1 aromatic carbocycles. The molecule has 1 rings (SSSR count). The van der Waals surface area contributed by atoms with Crippen LogP contribution >= 0.6 is 0 Å². The van der Waals surface area contributed by atoms with Gasteiger partial charge in [-0.15, -0.1) is 0 Å². The van der Waals surface area contributed by atoms with Crippen molar-refractivity contribution in [3.8, 4) is 24.0 Å². The number of hydrogen-bond acceptors (Lipinski definition) is 4. The lowest BCUT2D eigenvalue weighted by Gasteiger charge is -2.15. The van der Waals surface area contributed by atoms with Crippen LogP contribution in [0.3, 0.4) is 0 Å². The van der Waals surface area contributed by atoms with E-state index in [-0.39, 0.29) is 19.7 Å². The Morgan fingerprint density at radius 2 is 1.95 bits per heavy atom. The van der Waals surface area contributed by atoms with Gasteiger partial charge in [-0.25, -0.2) is 0 Å². The van der Waals surface area contributed by atoms with Crippen molar-refractivity contribution in [2.45, 2.75) is 0 Å². The number of nitrogens with zero attached hydrogens (tertiary/aromatic N) is 3. The summed E-state index contributed by atoms with van der Waals surface area (Å²) in [4.78, 5) is 13.2. The number of nitriles is 2. The van der Waals surface area contributed by atoms with Gasteiger partial charge < -0.3 is 10.0 Å². The summed E-state index contributed by atoms with van der Waals surface area (Å²) in [6.45, 7) is -0.537. The summed E-state index contributed by atoms with van der Waals surface area (Å²) in [5.41, 5.74) is 0.948. The Bertz CT molecular complexity index is 584. The number of hydrogen-bond donors (Lipinski definition) is 1. The molecule has 0 aromatic heterocycles. The van der Waals surface area contributed by atoms with E-state index in [2.05, 4.69) is 11.8 Å². The summed E-state index contributed by atoms with van der Waals surface area (Å²) in [6, 6.07) is 10.2. The van der Waals surface area contributed by atoms with E-state index >= 15 is 0 Å². The highest BCUT2D eigenvalue weighted by Gasteiger charge is 2.14. The molecule has 0 atom stereocenters. The van der Waals surface area contributed by atoms with E-state index in [1.165, 1.54) is 0 Å². The van der Waals surface area contributed by atoms with E-state index < -0.39 is 5.91 Å². The average Bonchev–Trinajstić information content (AvgIpc) is 2.44. The fourth-order valence-electron chi connectivity index (χ4n) is 1.42. The standard InChI is InChI=1S/C14H11N3O2/c15-6-8-17(9-7-16)14(19)13-5-1-3-12(11-13)4-2-10-18/h1,3,5,11,18H,8-10H2. The van der Waals surface area contributed by atoms with Gasteiger partial charge in [-0.3, -0.25) is 4.79 Å². The number of benzene rings is 1. The molecule has 0 saturated carbocycles. The Labute approximate surface area is 111 Å². The Morgan fingerprint density at radius 3 is 2.53 bits per heavy atom. The van der Waals surface area contributed by atoms with Crippen LogP contribution < -0.4 is 0 Å². The molecule has 0 spiro atoms. The third kappa shape index (κ3) is 4.16. The lowest BCUT2D eigenvalue weighted by molar-refractivity contribution is 0.0794. The van der Waals surface area contributed by atoms with Crippen LogP contribution in [0.1, 0.15) is 15.9 Å². The second-order valence-electron chi connectivity index (χ2n) is 3.52. The van der Waals surface area contributed by atoms with Gasteiger partial charge in [-0.05, 0) is 18.2 Å². The predicted molar refractivity (Wildman–Crippen MR) is 67.5 cm³/mol. The SMILES string of the molecule is N#CCN(CC#N)C(=O)c1cccc(C#CCO)c1. The summed E-state index contributed by atoms with van der Waals surface area (Å²) in [6.07, 6.45) is 0. The van der Waals surface area contributed by atoms with E-state index in [0.717, 1.165) is 4.90 Å². The van der Waals surface area contributed by atoms with Gasteiger partial charge in [0.15, 0.2) is 0 Å². The van der Waals surface area contributed by atoms with Gasteiger partial charge in [-0.2, -0.15) is 10.5 Å². The van der Waals surface area contributed by atoms with Gasteiger partial charge in [-0.1, -0.05) is 17.9 Å². The van der Waals surface area contributed by atoms with E-state index in [1.54, 1.807) is 24.3 Å². The lowest BCUT2D eigenvalue weighted by Crippen LogP contribution is -2.31. The first kappa shape index (κ1) is 14.3. The zero-order valence-electron chi connectivity index (χ0n) is 10.1. The van der Waals surface area contributed by atoms with Gasteiger partial charge in [0.05, 0.1) is 12.1 Å². The first-order valence-electron chi connectivity index (χ1n) is 5.46. The van der Waals surface area contributed by atoms with E-state index in [0.29, 0.717) is 11.1 Å². The zero-order chi connectivity index (χ0) is 14.1. The molecular formula is C14H11N3O2. The molecule has 0 unspecified atom stereocenters. The monoisotopic (exact) mass is 253 g/mol. The Morgan fingerprint density at radius 1 is 1.26 bits per heavy atom. The Kier molecular flexibility index (Phi) is 5.63. The van der Waals surface area contributed by atoms with E-state index in [1.807, 2.05) is 12.1 Å². The molecule has 94 valence electrons. The van der Waals surface area contributed by atoms with Crippen LogP contribution in [-0.2, 0) is 0 Å². The smallest absolute Gasteiger partial charge is 0.255 e. The minimum Gasteiger partial charge on any atom is -0.384 e. The Balaban J connectivity index is 2.99. The van der Waals surface area contributed by atoms with Gasteiger partial charge >= 0.3 is 0 Å². The molecule has 0 bridgehead atoms. The van der Waals surface area contributed by atoms with E-state index in [4.69, 9.17) is 15.6 Å². The highest BCUT2D eigenvalue weighted by Crippen LogP contribution is 2.07. The molecule has 0 aliphatic rings. The maximum Gasteiger partial charge on any atom is 0.255 e. The maximum atomic E-state index is 12.1. The van der Waals surface area contributed by atoms with Crippen molar-refractivity contribution in [1.29, 1.82) is 10.5 Å². The minimum atomic E-state index is -0.393. The van der Waals surface area contributed by atoms with Gasteiger partial charge in [0.2, 0.25) is 0 Å². The normalized spacial score (nSPS) is 8.58. The largest absolute Gasteiger partial charge is 0.384 e.